The van der Waals surface area contributed by atoms with E-state index in [1.165, 1.54) is 82.0 Å². The maximum Gasteiger partial charge on any atom is 0.180 e. The number of alkyl halides is 3. The van der Waals surface area contributed by atoms with E-state index < -0.39 is 4.30 Å². The average Bonchev–Trinajstić information content (AvgIpc) is 2.45. The number of unbranched alkanes of at least 4 members (excludes halogenated alkanes) is 4. The lowest BCUT2D eigenvalue weighted by atomic mass is 10.1. The SMILES string of the molecule is CCCC[N+](CCCC)(CCCC)CCCC.ClC(Cl)Cl. The lowest BCUT2D eigenvalue weighted by Crippen LogP contribution is -2.50. The third kappa shape index (κ3) is 17.0. The highest BCUT2D eigenvalue weighted by molar-refractivity contribution is 6.63. The van der Waals surface area contributed by atoms with Crippen LogP contribution in [-0.4, -0.2) is 35.0 Å². The molecule has 0 aromatic heterocycles. The molecule has 0 saturated heterocycles. The maximum absolute atomic E-state index is 4.81. The second-order valence-corrected chi connectivity index (χ2v) is 7.88. The molecule has 0 aliphatic heterocycles. The van der Waals surface area contributed by atoms with E-state index in [0.717, 1.165) is 0 Å². The number of nitrogens with zero attached hydrogens (tertiary/aromatic N) is 1. The van der Waals surface area contributed by atoms with Crippen LogP contribution in [0.5, 0.6) is 0 Å². The van der Waals surface area contributed by atoms with Gasteiger partial charge < -0.3 is 4.48 Å². The number of hydrogen-bond acceptors (Lipinski definition) is 0. The van der Waals surface area contributed by atoms with E-state index in [1.807, 2.05) is 0 Å². The molecule has 0 aliphatic rings. The topological polar surface area (TPSA) is 0 Å². The lowest BCUT2D eigenvalue weighted by Gasteiger charge is -2.39. The molecule has 0 aromatic rings. The summed E-state index contributed by atoms with van der Waals surface area (Å²) in [5.74, 6) is 0. The molecule has 130 valence electrons. The third-order valence-electron chi connectivity index (χ3n) is 3.94. The van der Waals surface area contributed by atoms with Gasteiger partial charge in [-0.3, -0.25) is 0 Å². The molecule has 0 radical (unpaired) electrons. The van der Waals surface area contributed by atoms with E-state index in [4.69, 9.17) is 34.8 Å². The van der Waals surface area contributed by atoms with Crippen LogP contribution in [0.1, 0.15) is 79.1 Å². The Hall–Kier alpha value is 0.830. The van der Waals surface area contributed by atoms with Crippen molar-refractivity contribution in [2.24, 2.45) is 0 Å². The first-order valence-electron chi connectivity index (χ1n) is 8.75. The largest absolute Gasteiger partial charge is 0.324 e. The van der Waals surface area contributed by atoms with Crippen LogP contribution in [0, 0.1) is 0 Å². The van der Waals surface area contributed by atoms with Gasteiger partial charge in [0, 0.05) is 0 Å². The van der Waals surface area contributed by atoms with E-state index in [-0.39, 0.29) is 0 Å². The molecule has 0 unspecified atom stereocenters. The highest BCUT2D eigenvalue weighted by atomic mass is 35.6. The van der Waals surface area contributed by atoms with Crippen molar-refractivity contribution in [1.29, 1.82) is 0 Å². The summed E-state index contributed by atoms with van der Waals surface area (Å²) >= 11 is 14.4. The van der Waals surface area contributed by atoms with Gasteiger partial charge in [-0.05, 0) is 25.7 Å². The smallest absolute Gasteiger partial charge is 0.180 e. The van der Waals surface area contributed by atoms with Crippen LogP contribution < -0.4 is 0 Å². The van der Waals surface area contributed by atoms with E-state index >= 15 is 0 Å². The predicted molar refractivity (Wildman–Crippen MR) is 101 cm³/mol. The summed E-state index contributed by atoms with van der Waals surface area (Å²) in [5, 5.41) is 0. The van der Waals surface area contributed by atoms with E-state index in [1.54, 1.807) is 0 Å². The second-order valence-electron chi connectivity index (χ2n) is 5.90. The summed E-state index contributed by atoms with van der Waals surface area (Å²) in [7, 11) is 0. The first-order valence-corrected chi connectivity index (χ1v) is 10.1. The molecule has 0 bridgehead atoms. The van der Waals surface area contributed by atoms with Gasteiger partial charge in [0.1, 0.15) is 0 Å². The first-order chi connectivity index (χ1) is 9.97. The molecule has 0 heterocycles. The number of rotatable bonds is 12. The van der Waals surface area contributed by atoms with Crippen molar-refractivity contribution in [2.45, 2.75) is 83.4 Å². The van der Waals surface area contributed by atoms with Crippen LogP contribution in [-0.2, 0) is 0 Å². The Kier molecular flexibility index (Phi) is 19.7. The molecule has 1 nitrogen and oxygen atoms in total. The highest BCUT2D eigenvalue weighted by Crippen LogP contribution is 2.16. The van der Waals surface area contributed by atoms with Gasteiger partial charge in [-0.1, -0.05) is 88.2 Å². The summed E-state index contributed by atoms with van der Waals surface area (Å²) in [4.78, 5) is 0. The van der Waals surface area contributed by atoms with E-state index in [9.17, 15) is 0 Å². The van der Waals surface area contributed by atoms with Crippen LogP contribution >= 0.6 is 34.8 Å². The van der Waals surface area contributed by atoms with Crippen molar-refractivity contribution in [1.82, 2.24) is 0 Å². The Morgan fingerprint density at radius 3 is 0.905 bits per heavy atom. The average molecular weight is 362 g/mol. The Morgan fingerprint density at radius 1 is 0.571 bits per heavy atom. The van der Waals surface area contributed by atoms with Crippen LogP contribution in [0.4, 0.5) is 0 Å². The van der Waals surface area contributed by atoms with Crippen molar-refractivity contribution in [3.63, 3.8) is 0 Å². The van der Waals surface area contributed by atoms with E-state index in [0.29, 0.717) is 0 Å². The molecule has 4 heteroatoms. The van der Waals surface area contributed by atoms with Gasteiger partial charge in [0.15, 0.2) is 4.30 Å². The summed E-state index contributed by atoms with van der Waals surface area (Å²) in [6.07, 6.45) is 11.1. The molecular formula is C17H37Cl3N+. The zero-order valence-electron chi connectivity index (χ0n) is 14.6. The first kappa shape index (κ1) is 24.1. The van der Waals surface area contributed by atoms with Gasteiger partial charge in [-0.15, -0.1) is 0 Å². The molecule has 0 fully saturated rings. The standard InChI is InChI=1S/C16H36N.CHCl3/c1-5-9-13-17(14-10-6-2,15-11-7-3)16-12-8-4;2-1(3)4/h5-16H2,1-4H3;1H/q+1;. The minimum Gasteiger partial charge on any atom is -0.324 e. The minimum atomic E-state index is -0.750. The van der Waals surface area contributed by atoms with Crippen molar-refractivity contribution in [3.05, 3.63) is 0 Å². The maximum atomic E-state index is 4.81. The molecule has 0 aromatic carbocycles. The fourth-order valence-electron chi connectivity index (χ4n) is 2.64. The molecule has 0 amide bonds. The number of halogens is 3. The minimum absolute atomic E-state index is 0.750. The lowest BCUT2D eigenvalue weighted by molar-refractivity contribution is -0.929. The molecule has 0 saturated carbocycles. The summed E-state index contributed by atoms with van der Waals surface area (Å²) < 4.78 is 0.670. The van der Waals surface area contributed by atoms with Gasteiger partial charge >= 0.3 is 0 Å². The normalized spacial score (nSPS) is 11.4. The molecule has 0 aliphatic carbocycles. The number of hydrogen-bond donors (Lipinski definition) is 0. The van der Waals surface area contributed by atoms with Gasteiger partial charge in [-0.2, -0.15) is 0 Å². The van der Waals surface area contributed by atoms with Crippen molar-refractivity contribution >= 4 is 34.8 Å². The molecule has 21 heavy (non-hydrogen) atoms. The summed E-state index contributed by atoms with van der Waals surface area (Å²) in [6, 6.07) is 0. The molecule has 0 atom stereocenters. The fourth-order valence-corrected chi connectivity index (χ4v) is 2.64. The van der Waals surface area contributed by atoms with Gasteiger partial charge in [0.2, 0.25) is 0 Å². The van der Waals surface area contributed by atoms with Crippen LogP contribution in [0.15, 0.2) is 0 Å². The Bertz CT molecular complexity index is 158. The Labute approximate surface area is 148 Å². The Balaban J connectivity index is 0. The van der Waals surface area contributed by atoms with E-state index in [2.05, 4.69) is 27.7 Å². The monoisotopic (exact) mass is 360 g/mol. The quantitative estimate of drug-likeness (QED) is 0.259. The van der Waals surface area contributed by atoms with Crippen molar-refractivity contribution in [2.75, 3.05) is 26.2 Å². The molecule has 0 spiro atoms. The van der Waals surface area contributed by atoms with Crippen LogP contribution in [0.2, 0.25) is 0 Å². The highest BCUT2D eigenvalue weighted by Gasteiger charge is 2.24. The summed E-state index contributed by atoms with van der Waals surface area (Å²) in [5.41, 5.74) is 0. The predicted octanol–water partition coefficient (Wildman–Crippen LogP) is 6.99. The fraction of sp³-hybridized carbons (Fsp3) is 1.00. The molecular weight excluding hydrogens is 325 g/mol. The Morgan fingerprint density at radius 2 is 0.762 bits per heavy atom. The second kappa shape index (κ2) is 17.2. The van der Waals surface area contributed by atoms with Gasteiger partial charge in [-0.25, -0.2) is 0 Å². The van der Waals surface area contributed by atoms with Gasteiger partial charge in [0.25, 0.3) is 0 Å². The number of quaternary nitrogens is 1. The third-order valence-corrected chi connectivity index (χ3v) is 3.94. The van der Waals surface area contributed by atoms with Crippen molar-refractivity contribution in [3.8, 4) is 0 Å². The molecule has 0 rings (SSSR count). The zero-order chi connectivity index (χ0) is 16.6. The van der Waals surface area contributed by atoms with Crippen LogP contribution in [0.3, 0.4) is 0 Å². The van der Waals surface area contributed by atoms with Gasteiger partial charge in [0.05, 0.1) is 26.2 Å². The summed E-state index contributed by atoms with van der Waals surface area (Å²) in [6.45, 7) is 15.0. The zero-order valence-corrected chi connectivity index (χ0v) is 16.9. The molecule has 0 N–H and O–H groups in total. The van der Waals surface area contributed by atoms with Crippen LogP contribution in [0.25, 0.3) is 0 Å². The van der Waals surface area contributed by atoms with Crippen molar-refractivity contribution < 1.29 is 4.48 Å².